The summed E-state index contributed by atoms with van der Waals surface area (Å²) < 4.78 is 0. The minimum atomic E-state index is 0.0328. The molecular formula is C10H12N2OS. The largest absolute Gasteiger partial charge is 0.356 e. The highest BCUT2D eigenvalue weighted by molar-refractivity contribution is 7.10. The first kappa shape index (κ1) is 10.7. The number of thiophene rings is 1. The molecule has 4 heteroatoms. The first-order valence-corrected chi connectivity index (χ1v) is 5.37. The Morgan fingerprint density at radius 2 is 2.50 bits per heavy atom. The number of carbonyl (C=O) groups excluding carboxylic acids is 1. The van der Waals surface area contributed by atoms with Gasteiger partial charge >= 0.3 is 0 Å². The van der Waals surface area contributed by atoms with E-state index in [1.807, 2.05) is 23.6 Å². The number of nitriles is 1. The number of rotatable bonds is 5. The summed E-state index contributed by atoms with van der Waals surface area (Å²) in [6, 6.07) is 5.92. The van der Waals surface area contributed by atoms with Crippen LogP contribution in [0.5, 0.6) is 0 Å². The summed E-state index contributed by atoms with van der Waals surface area (Å²) in [4.78, 5) is 12.4. The topological polar surface area (TPSA) is 52.9 Å². The third-order valence-electron chi connectivity index (χ3n) is 1.70. The Kier molecular flexibility index (Phi) is 4.73. The second-order valence-corrected chi connectivity index (χ2v) is 3.90. The molecule has 0 spiro atoms. The summed E-state index contributed by atoms with van der Waals surface area (Å²) in [6.45, 7) is 0.595. The predicted octanol–water partition coefficient (Wildman–Crippen LogP) is 1.71. The summed E-state index contributed by atoms with van der Waals surface area (Å²) in [5.41, 5.74) is 0. The van der Waals surface area contributed by atoms with Crippen molar-refractivity contribution in [1.82, 2.24) is 5.32 Å². The molecule has 1 aromatic heterocycles. The molecule has 0 fully saturated rings. The quantitative estimate of drug-likeness (QED) is 0.749. The van der Waals surface area contributed by atoms with Gasteiger partial charge in [-0.1, -0.05) is 6.07 Å². The fourth-order valence-electron chi connectivity index (χ4n) is 1.03. The molecular weight excluding hydrogens is 196 g/mol. The lowest BCUT2D eigenvalue weighted by Crippen LogP contribution is -2.25. The van der Waals surface area contributed by atoms with Crippen LogP contribution in [-0.2, 0) is 11.2 Å². The van der Waals surface area contributed by atoms with Crippen molar-refractivity contribution in [3.63, 3.8) is 0 Å². The lowest BCUT2D eigenvalue weighted by atomic mass is 10.3. The van der Waals surface area contributed by atoms with Gasteiger partial charge in [0, 0.05) is 17.8 Å². The third kappa shape index (κ3) is 4.06. The number of amides is 1. The van der Waals surface area contributed by atoms with Gasteiger partial charge in [-0.05, 0) is 17.9 Å². The molecule has 1 amide bonds. The molecule has 0 unspecified atom stereocenters. The Morgan fingerprint density at radius 3 is 3.14 bits per heavy atom. The maximum atomic E-state index is 11.3. The SMILES string of the molecule is N#CCCCNC(=O)Cc1cccs1. The molecule has 0 aliphatic carbocycles. The van der Waals surface area contributed by atoms with E-state index in [2.05, 4.69) is 5.32 Å². The van der Waals surface area contributed by atoms with E-state index in [-0.39, 0.29) is 5.91 Å². The van der Waals surface area contributed by atoms with E-state index in [1.165, 1.54) is 0 Å². The minimum Gasteiger partial charge on any atom is -0.356 e. The highest BCUT2D eigenvalue weighted by Crippen LogP contribution is 2.08. The van der Waals surface area contributed by atoms with Crippen LogP contribution in [-0.4, -0.2) is 12.5 Å². The smallest absolute Gasteiger partial charge is 0.225 e. The van der Waals surface area contributed by atoms with E-state index < -0.39 is 0 Å². The van der Waals surface area contributed by atoms with Crippen LogP contribution in [0.2, 0.25) is 0 Å². The molecule has 1 N–H and O–H groups in total. The van der Waals surface area contributed by atoms with Gasteiger partial charge < -0.3 is 5.32 Å². The standard InChI is InChI=1S/C10H12N2OS/c11-5-1-2-6-12-10(13)8-9-4-3-7-14-9/h3-4,7H,1-2,6,8H2,(H,12,13). The van der Waals surface area contributed by atoms with E-state index >= 15 is 0 Å². The van der Waals surface area contributed by atoms with Crippen molar-refractivity contribution in [2.75, 3.05) is 6.54 Å². The first-order chi connectivity index (χ1) is 6.83. The molecule has 0 aliphatic rings. The Bertz CT molecular complexity index is 313. The number of carbonyl (C=O) groups is 1. The van der Waals surface area contributed by atoms with Crippen molar-refractivity contribution in [2.24, 2.45) is 0 Å². The molecule has 0 bridgehead atoms. The summed E-state index contributed by atoms with van der Waals surface area (Å²) >= 11 is 1.58. The molecule has 14 heavy (non-hydrogen) atoms. The lowest BCUT2D eigenvalue weighted by molar-refractivity contribution is -0.120. The van der Waals surface area contributed by atoms with E-state index in [4.69, 9.17) is 5.26 Å². The minimum absolute atomic E-state index is 0.0328. The number of nitrogens with zero attached hydrogens (tertiary/aromatic N) is 1. The van der Waals surface area contributed by atoms with Gasteiger partial charge in [0.2, 0.25) is 5.91 Å². The number of hydrogen-bond donors (Lipinski definition) is 1. The van der Waals surface area contributed by atoms with Gasteiger partial charge in [0.05, 0.1) is 12.5 Å². The highest BCUT2D eigenvalue weighted by atomic mass is 32.1. The summed E-state index contributed by atoms with van der Waals surface area (Å²) in [6.07, 6.45) is 1.68. The average molecular weight is 208 g/mol. The van der Waals surface area contributed by atoms with Gasteiger partial charge in [0.25, 0.3) is 0 Å². The van der Waals surface area contributed by atoms with Crippen LogP contribution in [0.4, 0.5) is 0 Å². The summed E-state index contributed by atoms with van der Waals surface area (Å²) in [7, 11) is 0. The zero-order chi connectivity index (χ0) is 10.2. The van der Waals surface area contributed by atoms with Crippen LogP contribution in [0.3, 0.4) is 0 Å². The van der Waals surface area contributed by atoms with Crippen molar-refractivity contribution in [3.05, 3.63) is 22.4 Å². The molecule has 3 nitrogen and oxygen atoms in total. The van der Waals surface area contributed by atoms with Gasteiger partial charge in [0.1, 0.15) is 0 Å². The molecule has 0 saturated carbocycles. The fraction of sp³-hybridized carbons (Fsp3) is 0.400. The summed E-state index contributed by atoms with van der Waals surface area (Å²) in [5, 5.41) is 13.0. The van der Waals surface area contributed by atoms with Crippen molar-refractivity contribution >= 4 is 17.2 Å². The fourth-order valence-corrected chi connectivity index (χ4v) is 1.73. The van der Waals surface area contributed by atoms with Crippen molar-refractivity contribution in [3.8, 4) is 6.07 Å². The zero-order valence-electron chi connectivity index (χ0n) is 7.82. The van der Waals surface area contributed by atoms with Gasteiger partial charge in [-0.2, -0.15) is 5.26 Å². The maximum Gasteiger partial charge on any atom is 0.225 e. The van der Waals surface area contributed by atoms with Crippen molar-refractivity contribution in [1.29, 1.82) is 5.26 Å². The molecule has 0 saturated heterocycles. The Morgan fingerprint density at radius 1 is 1.64 bits per heavy atom. The second kappa shape index (κ2) is 6.17. The van der Waals surface area contributed by atoms with E-state index in [0.29, 0.717) is 19.4 Å². The van der Waals surface area contributed by atoms with E-state index in [0.717, 1.165) is 11.3 Å². The monoisotopic (exact) mass is 208 g/mol. The molecule has 0 aliphatic heterocycles. The normalized spacial score (nSPS) is 9.36. The summed E-state index contributed by atoms with van der Waals surface area (Å²) in [5.74, 6) is 0.0328. The van der Waals surface area contributed by atoms with Crippen LogP contribution in [0.1, 0.15) is 17.7 Å². The second-order valence-electron chi connectivity index (χ2n) is 2.87. The van der Waals surface area contributed by atoms with Gasteiger partial charge in [-0.3, -0.25) is 4.79 Å². The highest BCUT2D eigenvalue weighted by Gasteiger charge is 2.02. The molecule has 74 valence electrons. The lowest BCUT2D eigenvalue weighted by Gasteiger charge is -2.01. The third-order valence-corrected chi connectivity index (χ3v) is 2.58. The van der Waals surface area contributed by atoms with Crippen LogP contribution in [0.15, 0.2) is 17.5 Å². The zero-order valence-corrected chi connectivity index (χ0v) is 8.64. The molecule has 0 atom stereocenters. The van der Waals surface area contributed by atoms with Crippen molar-refractivity contribution in [2.45, 2.75) is 19.3 Å². The van der Waals surface area contributed by atoms with Crippen LogP contribution < -0.4 is 5.32 Å². The number of unbranched alkanes of at least 4 members (excludes halogenated alkanes) is 1. The van der Waals surface area contributed by atoms with Gasteiger partial charge in [0.15, 0.2) is 0 Å². The van der Waals surface area contributed by atoms with Crippen molar-refractivity contribution < 1.29 is 4.79 Å². The van der Waals surface area contributed by atoms with E-state index in [1.54, 1.807) is 11.3 Å². The molecule has 0 radical (unpaired) electrons. The molecule has 1 rings (SSSR count). The molecule has 1 heterocycles. The Balaban J connectivity index is 2.14. The average Bonchev–Trinajstić information content (AvgIpc) is 2.65. The van der Waals surface area contributed by atoms with Gasteiger partial charge in [-0.15, -0.1) is 11.3 Å². The maximum absolute atomic E-state index is 11.3. The van der Waals surface area contributed by atoms with Gasteiger partial charge in [-0.25, -0.2) is 0 Å². The van der Waals surface area contributed by atoms with Crippen LogP contribution >= 0.6 is 11.3 Å². The van der Waals surface area contributed by atoms with Crippen LogP contribution in [0.25, 0.3) is 0 Å². The Labute approximate surface area is 87.4 Å². The first-order valence-electron chi connectivity index (χ1n) is 4.49. The predicted molar refractivity (Wildman–Crippen MR) is 55.9 cm³/mol. The molecule has 0 aromatic carbocycles. The van der Waals surface area contributed by atoms with Crippen LogP contribution in [0, 0.1) is 11.3 Å². The van der Waals surface area contributed by atoms with E-state index in [9.17, 15) is 4.79 Å². The molecule has 1 aromatic rings. The number of nitrogens with one attached hydrogen (secondary N) is 1. The Hall–Kier alpha value is -1.34. The number of hydrogen-bond acceptors (Lipinski definition) is 3.